The molecule has 140 valence electrons. The summed E-state index contributed by atoms with van der Waals surface area (Å²) in [5, 5.41) is 12.3. The normalized spacial score (nSPS) is 29.9. The Morgan fingerprint density at radius 2 is 1.85 bits per heavy atom. The number of benzene rings is 1. The van der Waals surface area contributed by atoms with E-state index in [0.29, 0.717) is 30.2 Å². The molecule has 1 aromatic rings. The Balaban J connectivity index is 1.18. The van der Waals surface area contributed by atoms with Crippen molar-refractivity contribution in [1.29, 1.82) is 0 Å². The lowest BCUT2D eigenvalue weighted by atomic mass is 9.85. The monoisotopic (exact) mass is 356 g/mol. The number of nitrogens with one attached hydrogen (secondary N) is 1. The molecule has 0 aromatic heterocycles. The summed E-state index contributed by atoms with van der Waals surface area (Å²) in [6.45, 7) is 1.03. The fourth-order valence-corrected chi connectivity index (χ4v) is 4.26. The molecule has 0 bridgehead atoms. The van der Waals surface area contributed by atoms with Crippen LogP contribution in [0.1, 0.15) is 50.0 Å². The van der Waals surface area contributed by atoms with Gasteiger partial charge in [-0.15, -0.1) is 0 Å². The molecule has 0 heterocycles. The molecule has 0 unspecified atom stereocenters. The molecule has 1 aromatic carbocycles. The van der Waals surface area contributed by atoms with Crippen LogP contribution in [-0.2, 0) is 9.59 Å². The first-order valence-electron chi connectivity index (χ1n) is 9.88. The lowest BCUT2D eigenvalue weighted by Gasteiger charge is -2.42. The zero-order chi connectivity index (χ0) is 18.1. The molecule has 5 heteroatoms. The number of amides is 1. The molecule has 0 radical (unpaired) electrons. The van der Waals surface area contributed by atoms with Crippen molar-refractivity contribution in [3.05, 3.63) is 35.9 Å². The first kappa shape index (κ1) is 17.5. The largest absolute Gasteiger partial charge is 0.480 e. The predicted molar refractivity (Wildman–Crippen MR) is 98.8 cm³/mol. The maximum Gasteiger partial charge on any atom is 0.317 e. The highest BCUT2D eigenvalue weighted by Gasteiger charge is 2.41. The summed E-state index contributed by atoms with van der Waals surface area (Å²) < 4.78 is 0. The van der Waals surface area contributed by atoms with Gasteiger partial charge in [-0.25, -0.2) is 0 Å². The van der Waals surface area contributed by atoms with E-state index >= 15 is 0 Å². The second kappa shape index (κ2) is 7.39. The number of hydrogen-bond donors (Lipinski definition) is 2. The average molecular weight is 356 g/mol. The molecule has 4 rings (SSSR count). The third kappa shape index (κ3) is 4.44. The topological polar surface area (TPSA) is 69.6 Å². The Morgan fingerprint density at radius 1 is 1.12 bits per heavy atom. The van der Waals surface area contributed by atoms with Gasteiger partial charge in [-0.1, -0.05) is 30.3 Å². The third-order valence-electron chi connectivity index (χ3n) is 6.12. The third-order valence-corrected chi connectivity index (χ3v) is 6.12. The Bertz CT molecular complexity index is 652. The minimum atomic E-state index is -0.751. The van der Waals surface area contributed by atoms with E-state index in [9.17, 15) is 9.59 Å². The highest BCUT2D eigenvalue weighted by molar-refractivity contribution is 5.77. The van der Waals surface area contributed by atoms with E-state index in [4.69, 9.17) is 5.11 Å². The van der Waals surface area contributed by atoms with Crippen molar-refractivity contribution in [2.24, 2.45) is 11.8 Å². The van der Waals surface area contributed by atoms with Crippen molar-refractivity contribution < 1.29 is 14.7 Å². The molecule has 26 heavy (non-hydrogen) atoms. The maximum atomic E-state index is 12.3. The number of nitrogens with zero attached hydrogens (tertiary/aromatic N) is 1. The van der Waals surface area contributed by atoms with Crippen LogP contribution in [0.15, 0.2) is 30.3 Å². The van der Waals surface area contributed by atoms with Gasteiger partial charge in [0.2, 0.25) is 5.91 Å². The van der Waals surface area contributed by atoms with E-state index < -0.39 is 5.97 Å². The maximum absolute atomic E-state index is 12.3. The van der Waals surface area contributed by atoms with Gasteiger partial charge in [-0.2, -0.15) is 0 Å². The van der Waals surface area contributed by atoms with Crippen LogP contribution in [0.5, 0.6) is 0 Å². The van der Waals surface area contributed by atoms with Gasteiger partial charge in [0.25, 0.3) is 0 Å². The van der Waals surface area contributed by atoms with Crippen LogP contribution in [0, 0.1) is 11.8 Å². The average Bonchev–Trinajstić information content (AvgIpc) is 3.47. The number of carbonyl (C=O) groups excluding carboxylic acids is 1. The smallest absolute Gasteiger partial charge is 0.317 e. The second-order valence-corrected chi connectivity index (χ2v) is 8.37. The number of aliphatic carboxylic acids is 1. The zero-order valence-electron chi connectivity index (χ0n) is 15.1. The molecular weight excluding hydrogens is 328 g/mol. The van der Waals surface area contributed by atoms with E-state index in [-0.39, 0.29) is 18.5 Å². The van der Waals surface area contributed by atoms with Crippen molar-refractivity contribution in [2.75, 3.05) is 13.1 Å². The fourth-order valence-electron chi connectivity index (χ4n) is 4.26. The summed E-state index contributed by atoms with van der Waals surface area (Å²) >= 11 is 0. The van der Waals surface area contributed by atoms with Crippen molar-refractivity contribution >= 4 is 11.9 Å². The number of carbonyl (C=O) groups is 2. The van der Waals surface area contributed by atoms with Crippen LogP contribution in [0.25, 0.3) is 0 Å². The van der Waals surface area contributed by atoms with Gasteiger partial charge in [-0.3, -0.25) is 14.5 Å². The Morgan fingerprint density at radius 3 is 2.50 bits per heavy atom. The van der Waals surface area contributed by atoms with Gasteiger partial charge in [0, 0.05) is 25.0 Å². The molecule has 2 N–H and O–H groups in total. The highest BCUT2D eigenvalue weighted by atomic mass is 16.4. The van der Waals surface area contributed by atoms with E-state index in [1.807, 2.05) is 6.07 Å². The minimum absolute atomic E-state index is 0.128. The summed E-state index contributed by atoms with van der Waals surface area (Å²) in [5.74, 6) is 1.11. The highest BCUT2D eigenvalue weighted by Crippen LogP contribution is 2.49. The van der Waals surface area contributed by atoms with Gasteiger partial charge in [0.1, 0.15) is 0 Å². The van der Waals surface area contributed by atoms with E-state index in [2.05, 4.69) is 34.5 Å². The van der Waals surface area contributed by atoms with E-state index in [0.717, 1.165) is 25.8 Å². The Kier molecular flexibility index (Phi) is 4.98. The van der Waals surface area contributed by atoms with Crippen molar-refractivity contribution in [3.8, 4) is 0 Å². The predicted octanol–water partition coefficient (Wildman–Crippen LogP) is 2.62. The summed E-state index contributed by atoms with van der Waals surface area (Å²) in [4.78, 5) is 25.5. The molecule has 2 atom stereocenters. The second-order valence-electron chi connectivity index (χ2n) is 8.37. The standard InChI is InChI=1S/C21H28N2O3/c24-20(9-16-8-19(16)15-4-2-1-3-5-15)22-17-10-18(11-17)23(13-21(25)26)12-14-6-7-14/h1-5,14,16-19H,6-13H2,(H,22,24)(H,25,26)/t16-,17?,18?,19-/m0/s1. The zero-order valence-corrected chi connectivity index (χ0v) is 15.1. The number of hydrogen-bond acceptors (Lipinski definition) is 3. The molecule has 3 aliphatic carbocycles. The number of carboxylic acid groups (broad SMARTS) is 1. The molecular formula is C21H28N2O3. The van der Waals surface area contributed by atoms with Crippen LogP contribution >= 0.6 is 0 Å². The summed E-state index contributed by atoms with van der Waals surface area (Å²) in [5.41, 5.74) is 1.35. The lowest BCUT2D eigenvalue weighted by Crippen LogP contribution is -2.55. The Labute approximate surface area is 154 Å². The first-order chi connectivity index (χ1) is 12.6. The van der Waals surface area contributed by atoms with Crippen LogP contribution < -0.4 is 5.32 Å². The van der Waals surface area contributed by atoms with Gasteiger partial charge in [0.15, 0.2) is 0 Å². The van der Waals surface area contributed by atoms with Crippen LogP contribution in [0.3, 0.4) is 0 Å². The van der Waals surface area contributed by atoms with Gasteiger partial charge in [-0.05, 0) is 55.4 Å². The van der Waals surface area contributed by atoms with Gasteiger partial charge >= 0.3 is 5.97 Å². The summed E-state index contributed by atoms with van der Waals surface area (Å²) in [7, 11) is 0. The van der Waals surface area contributed by atoms with Crippen LogP contribution in [-0.4, -0.2) is 47.1 Å². The number of rotatable bonds is 9. The molecule has 3 aliphatic rings. The SMILES string of the molecule is O=C(O)CN(CC1CC1)C1CC(NC(=O)C[C@@H]2C[C@H]2c2ccccc2)C1. The Hall–Kier alpha value is -1.88. The first-order valence-corrected chi connectivity index (χ1v) is 9.88. The molecule has 3 saturated carbocycles. The van der Waals surface area contributed by atoms with Crippen molar-refractivity contribution in [2.45, 2.75) is 56.5 Å². The molecule has 1 amide bonds. The molecule has 0 saturated heterocycles. The molecule has 3 fully saturated rings. The van der Waals surface area contributed by atoms with E-state index in [1.54, 1.807) is 0 Å². The quantitative estimate of drug-likeness (QED) is 0.714. The molecule has 5 nitrogen and oxygen atoms in total. The van der Waals surface area contributed by atoms with Gasteiger partial charge < -0.3 is 10.4 Å². The minimum Gasteiger partial charge on any atom is -0.480 e. The van der Waals surface area contributed by atoms with Gasteiger partial charge in [0.05, 0.1) is 6.54 Å². The fraction of sp³-hybridized carbons (Fsp3) is 0.619. The van der Waals surface area contributed by atoms with Crippen LogP contribution in [0.2, 0.25) is 0 Å². The lowest BCUT2D eigenvalue weighted by molar-refractivity contribution is -0.140. The summed E-state index contributed by atoms with van der Waals surface area (Å²) in [6, 6.07) is 11.0. The van der Waals surface area contributed by atoms with Crippen molar-refractivity contribution in [3.63, 3.8) is 0 Å². The van der Waals surface area contributed by atoms with Crippen LogP contribution in [0.4, 0.5) is 0 Å². The van der Waals surface area contributed by atoms with Crippen molar-refractivity contribution in [1.82, 2.24) is 10.2 Å². The molecule has 0 spiro atoms. The van der Waals surface area contributed by atoms with E-state index in [1.165, 1.54) is 18.4 Å². The summed E-state index contributed by atoms with van der Waals surface area (Å²) in [6.07, 6.45) is 5.96. The number of carboxylic acids is 1. The molecule has 0 aliphatic heterocycles.